The van der Waals surface area contributed by atoms with Crippen molar-refractivity contribution in [2.45, 2.75) is 12.8 Å². The van der Waals surface area contributed by atoms with E-state index in [1.807, 2.05) is 0 Å². The van der Waals surface area contributed by atoms with Crippen LogP contribution in [0.1, 0.15) is 12.5 Å². The molecule has 4 nitrogen and oxygen atoms in total. The molecule has 1 aromatic carbocycles. The maximum atomic E-state index is 11.3. The Balaban J connectivity index is 2.71. The van der Waals surface area contributed by atoms with Crippen LogP contribution in [0.3, 0.4) is 0 Å². The van der Waals surface area contributed by atoms with Crippen molar-refractivity contribution in [3.8, 4) is 11.5 Å². The lowest BCUT2D eigenvalue weighted by Gasteiger charge is -2.11. The molecule has 102 valence electrons. The SMILES string of the molecule is CCS(=O)(=O)CCOc1cc(OC)ccc1CCl. The van der Waals surface area contributed by atoms with Crippen molar-refractivity contribution in [3.63, 3.8) is 0 Å². The summed E-state index contributed by atoms with van der Waals surface area (Å²) in [5.41, 5.74) is 0.811. The van der Waals surface area contributed by atoms with E-state index in [1.165, 1.54) is 0 Å². The van der Waals surface area contributed by atoms with Gasteiger partial charge in [-0.1, -0.05) is 13.0 Å². The number of benzene rings is 1. The van der Waals surface area contributed by atoms with Crippen LogP contribution in [0, 0.1) is 0 Å². The van der Waals surface area contributed by atoms with Gasteiger partial charge in [-0.3, -0.25) is 0 Å². The predicted molar refractivity (Wildman–Crippen MR) is 72.4 cm³/mol. The summed E-state index contributed by atoms with van der Waals surface area (Å²) in [5.74, 6) is 1.65. The first kappa shape index (κ1) is 15.1. The van der Waals surface area contributed by atoms with Gasteiger partial charge in [0.25, 0.3) is 0 Å². The van der Waals surface area contributed by atoms with E-state index in [4.69, 9.17) is 21.1 Å². The first-order valence-electron chi connectivity index (χ1n) is 5.58. The van der Waals surface area contributed by atoms with E-state index in [9.17, 15) is 8.42 Å². The highest BCUT2D eigenvalue weighted by molar-refractivity contribution is 7.91. The molecular formula is C12H17ClO4S. The fourth-order valence-electron chi connectivity index (χ4n) is 1.33. The third-order valence-electron chi connectivity index (χ3n) is 2.51. The van der Waals surface area contributed by atoms with Crippen LogP contribution in [-0.2, 0) is 15.7 Å². The molecule has 1 aromatic rings. The van der Waals surface area contributed by atoms with Crippen LogP contribution in [0.15, 0.2) is 18.2 Å². The number of halogens is 1. The predicted octanol–water partition coefficient (Wildman–Crippen LogP) is 2.25. The van der Waals surface area contributed by atoms with Crippen LogP contribution in [0.25, 0.3) is 0 Å². The highest BCUT2D eigenvalue weighted by Gasteiger charge is 2.09. The molecule has 0 bridgehead atoms. The lowest BCUT2D eigenvalue weighted by molar-refractivity contribution is 0.334. The van der Waals surface area contributed by atoms with Crippen LogP contribution in [0.4, 0.5) is 0 Å². The van der Waals surface area contributed by atoms with Crippen molar-refractivity contribution in [3.05, 3.63) is 23.8 Å². The van der Waals surface area contributed by atoms with E-state index in [-0.39, 0.29) is 18.1 Å². The molecule has 0 unspecified atom stereocenters. The Labute approximate surface area is 113 Å². The Morgan fingerprint density at radius 1 is 1.33 bits per heavy atom. The second-order valence-electron chi connectivity index (χ2n) is 3.69. The molecule has 0 saturated carbocycles. The molecule has 0 fully saturated rings. The molecule has 0 radical (unpaired) electrons. The topological polar surface area (TPSA) is 52.6 Å². The number of sulfone groups is 1. The zero-order chi connectivity index (χ0) is 13.6. The van der Waals surface area contributed by atoms with E-state index in [0.717, 1.165) is 5.56 Å². The summed E-state index contributed by atoms with van der Waals surface area (Å²) < 4.78 is 33.2. The summed E-state index contributed by atoms with van der Waals surface area (Å²) in [6, 6.07) is 5.29. The second kappa shape index (κ2) is 6.85. The first-order chi connectivity index (χ1) is 8.52. The van der Waals surface area contributed by atoms with Gasteiger partial charge in [0.2, 0.25) is 0 Å². The quantitative estimate of drug-likeness (QED) is 0.723. The zero-order valence-electron chi connectivity index (χ0n) is 10.5. The van der Waals surface area contributed by atoms with E-state index in [0.29, 0.717) is 17.4 Å². The molecular weight excluding hydrogens is 276 g/mol. The van der Waals surface area contributed by atoms with E-state index in [1.54, 1.807) is 32.2 Å². The Bertz CT molecular complexity index is 485. The van der Waals surface area contributed by atoms with Gasteiger partial charge in [0, 0.05) is 17.4 Å². The largest absolute Gasteiger partial charge is 0.497 e. The standard InChI is InChI=1S/C12H17ClO4S/c1-3-18(14,15)7-6-17-12-8-11(16-2)5-4-10(12)9-13/h4-5,8H,3,6-7,9H2,1-2H3. The normalized spacial score (nSPS) is 11.3. The van der Waals surface area contributed by atoms with E-state index < -0.39 is 9.84 Å². The van der Waals surface area contributed by atoms with Gasteiger partial charge < -0.3 is 9.47 Å². The third-order valence-corrected chi connectivity index (χ3v) is 4.47. The van der Waals surface area contributed by atoms with Gasteiger partial charge in [0.15, 0.2) is 9.84 Å². The molecule has 0 aliphatic rings. The molecule has 0 aromatic heterocycles. The van der Waals surface area contributed by atoms with Crippen LogP contribution in [0.5, 0.6) is 11.5 Å². The van der Waals surface area contributed by atoms with Crippen LogP contribution in [-0.4, -0.2) is 33.6 Å². The molecule has 18 heavy (non-hydrogen) atoms. The van der Waals surface area contributed by atoms with Gasteiger partial charge in [-0.25, -0.2) is 8.42 Å². The van der Waals surface area contributed by atoms with Gasteiger partial charge in [-0.05, 0) is 6.07 Å². The number of hydrogen-bond acceptors (Lipinski definition) is 4. The summed E-state index contributed by atoms with van der Waals surface area (Å²) in [7, 11) is -1.46. The van der Waals surface area contributed by atoms with Gasteiger partial charge >= 0.3 is 0 Å². The lowest BCUT2D eigenvalue weighted by atomic mass is 10.2. The summed E-state index contributed by atoms with van der Waals surface area (Å²) in [5, 5.41) is 0. The number of rotatable bonds is 7. The highest BCUT2D eigenvalue weighted by atomic mass is 35.5. The van der Waals surface area contributed by atoms with Gasteiger partial charge in [-0.2, -0.15) is 0 Å². The molecule has 0 saturated heterocycles. The van der Waals surface area contributed by atoms with Crippen molar-refractivity contribution in [1.82, 2.24) is 0 Å². The van der Waals surface area contributed by atoms with E-state index >= 15 is 0 Å². The Kier molecular flexibility index (Phi) is 5.75. The van der Waals surface area contributed by atoms with Crippen LogP contribution >= 0.6 is 11.6 Å². The average molecular weight is 293 g/mol. The van der Waals surface area contributed by atoms with Crippen molar-refractivity contribution < 1.29 is 17.9 Å². The fourth-order valence-corrected chi connectivity index (χ4v) is 2.18. The molecule has 0 heterocycles. The minimum Gasteiger partial charge on any atom is -0.497 e. The smallest absolute Gasteiger partial charge is 0.153 e. The minimum atomic E-state index is -3.01. The maximum absolute atomic E-state index is 11.3. The molecule has 0 aliphatic carbocycles. The number of ether oxygens (including phenoxy) is 2. The lowest BCUT2D eigenvalue weighted by Crippen LogP contribution is -2.16. The molecule has 0 atom stereocenters. The molecule has 0 N–H and O–H groups in total. The average Bonchev–Trinajstić information content (AvgIpc) is 2.38. The second-order valence-corrected chi connectivity index (χ2v) is 6.43. The first-order valence-corrected chi connectivity index (χ1v) is 7.94. The Morgan fingerprint density at radius 3 is 2.61 bits per heavy atom. The van der Waals surface area contributed by atoms with Crippen molar-refractivity contribution >= 4 is 21.4 Å². The van der Waals surface area contributed by atoms with Crippen LogP contribution in [0.2, 0.25) is 0 Å². The van der Waals surface area contributed by atoms with Crippen molar-refractivity contribution in [1.29, 1.82) is 0 Å². The molecule has 0 spiro atoms. The summed E-state index contributed by atoms with van der Waals surface area (Å²) in [4.78, 5) is 0. The number of alkyl halides is 1. The Morgan fingerprint density at radius 2 is 2.06 bits per heavy atom. The summed E-state index contributed by atoms with van der Waals surface area (Å²) >= 11 is 5.78. The van der Waals surface area contributed by atoms with Crippen molar-refractivity contribution in [2.24, 2.45) is 0 Å². The van der Waals surface area contributed by atoms with Gasteiger partial charge in [-0.15, -0.1) is 11.6 Å². The summed E-state index contributed by atoms with van der Waals surface area (Å²) in [6.45, 7) is 1.73. The number of methoxy groups -OCH3 is 1. The molecule has 0 amide bonds. The maximum Gasteiger partial charge on any atom is 0.153 e. The van der Waals surface area contributed by atoms with Gasteiger partial charge in [0.05, 0.1) is 18.7 Å². The zero-order valence-corrected chi connectivity index (χ0v) is 12.1. The minimum absolute atomic E-state index is 0.00242. The van der Waals surface area contributed by atoms with Crippen molar-refractivity contribution in [2.75, 3.05) is 25.2 Å². The van der Waals surface area contributed by atoms with Crippen LogP contribution < -0.4 is 9.47 Å². The monoisotopic (exact) mass is 292 g/mol. The summed E-state index contributed by atoms with van der Waals surface area (Å²) in [6.07, 6.45) is 0. The third kappa shape index (κ3) is 4.38. The van der Waals surface area contributed by atoms with Gasteiger partial charge in [0.1, 0.15) is 18.1 Å². The fraction of sp³-hybridized carbons (Fsp3) is 0.500. The number of hydrogen-bond donors (Lipinski definition) is 0. The highest BCUT2D eigenvalue weighted by Crippen LogP contribution is 2.26. The molecule has 6 heteroatoms. The Hall–Kier alpha value is -0.940. The molecule has 0 aliphatic heterocycles. The molecule has 1 rings (SSSR count). The van der Waals surface area contributed by atoms with E-state index in [2.05, 4.69) is 0 Å².